The van der Waals surface area contributed by atoms with Gasteiger partial charge >= 0.3 is 0 Å². The van der Waals surface area contributed by atoms with Gasteiger partial charge < -0.3 is 0 Å². The Hall–Kier alpha value is -1.55. The molecule has 0 N–H and O–H groups in total. The molecule has 14 heavy (non-hydrogen) atoms. The van der Waals surface area contributed by atoms with Crippen LogP contribution in [0.25, 0.3) is 17.0 Å². The first-order valence-electron chi connectivity index (χ1n) is 4.22. The third-order valence-electron chi connectivity index (χ3n) is 2.40. The van der Waals surface area contributed by atoms with Crippen LogP contribution in [-0.4, -0.2) is 12.4 Å². The Bertz CT molecular complexity index is 650. The molecule has 2 bridgehead atoms. The third-order valence-corrected chi connectivity index (χ3v) is 3.73. The minimum Gasteiger partial charge on any atom is -0.241 e. The average Bonchev–Trinajstić information content (AvgIpc) is 2.50. The van der Waals surface area contributed by atoms with Crippen LogP contribution in [0, 0.1) is 0 Å². The molecule has 1 aromatic heterocycles. The van der Waals surface area contributed by atoms with Crippen molar-refractivity contribution in [1.82, 2.24) is 3.97 Å². The normalized spacial score (nSPS) is 17.4. The first-order chi connectivity index (χ1) is 6.68. The second-order valence-electron chi connectivity index (χ2n) is 3.25. The van der Waals surface area contributed by atoms with E-state index >= 15 is 0 Å². The van der Waals surface area contributed by atoms with Gasteiger partial charge in [-0.05, 0) is 12.1 Å². The number of fused-ring (bicyclic) bond motifs is 5. The van der Waals surface area contributed by atoms with Crippen LogP contribution >= 0.6 is 0 Å². The number of hydrogen-bond donors (Lipinski definition) is 0. The highest BCUT2D eigenvalue weighted by atomic mass is 32.2. The van der Waals surface area contributed by atoms with Crippen LogP contribution in [0.2, 0.25) is 0 Å². The van der Waals surface area contributed by atoms with Crippen molar-refractivity contribution in [1.29, 1.82) is 0 Å². The van der Waals surface area contributed by atoms with Crippen molar-refractivity contribution in [2.24, 2.45) is 0 Å². The summed E-state index contributed by atoms with van der Waals surface area (Å²) in [4.78, 5) is 0. The summed E-state index contributed by atoms with van der Waals surface area (Å²) in [6.45, 7) is 0. The number of hydrogen-bond acceptors (Lipinski definition) is 2. The molecule has 0 saturated carbocycles. The quantitative estimate of drug-likeness (QED) is 0.658. The van der Waals surface area contributed by atoms with Crippen LogP contribution in [0.4, 0.5) is 0 Å². The lowest BCUT2D eigenvalue weighted by Gasteiger charge is -2.03. The predicted octanol–water partition coefficient (Wildman–Crippen LogP) is 1.80. The lowest BCUT2D eigenvalue weighted by molar-refractivity contribution is 0.598. The van der Waals surface area contributed by atoms with E-state index in [1.54, 1.807) is 12.3 Å². The van der Waals surface area contributed by atoms with Gasteiger partial charge in [0.25, 0.3) is 10.0 Å². The molecule has 0 aliphatic carbocycles. The van der Waals surface area contributed by atoms with Crippen LogP contribution in [0.3, 0.4) is 0 Å². The minimum absolute atomic E-state index is 0.743. The summed E-state index contributed by atoms with van der Waals surface area (Å²) in [5, 5.41) is 2.22. The molecule has 2 heterocycles. The number of rotatable bonds is 0. The van der Waals surface area contributed by atoms with Crippen molar-refractivity contribution in [2.75, 3.05) is 0 Å². The second kappa shape index (κ2) is 2.27. The van der Waals surface area contributed by atoms with E-state index in [2.05, 4.69) is 0 Å². The van der Waals surface area contributed by atoms with E-state index < -0.39 is 10.0 Å². The van der Waals surface area contributed by atoms with Gasteiger partial charge in [-0.25, -0.2) is 12.4 Å². The van der Waals surface area contributed by atoms with E-state index in [4.69, 9.17) is 0 Å². The van der Waals surface area contributed by atoms with E-state index in [1.807, 2.05) is 24.3 Å². The van der Waals surface area contributed by atoms with Gasteiger partial charge in [0.15, 0.2) is 0 Å². The number of aromatic nitrogens is 1. The molecule has 1 aromatic carbocycles. The molecular formula is C10H7NO2S. The van der Waals surface area contributed by atoms with E-state index in [9.17, 15) is 8.42 Å². The molecule has 0 radical (unpaired) electrons. The van der Waals surface area contributed by atoms with Gasteiger partial charge in [0.1, 0.15) is 0 Å². The fourth-order valence-electron chi connectivity index (χ4n) is 1.74. The van der Waals surface area contributed by atoms with Gasteiger partial charge in [-0.2, -0.15) is 0 Å². The van der Waals surface area contributed by atoms with E-state index in [0.29, 0.717) is 0 Å². The second-order valence-corrected chi connectivity index (χ2v) is 4.94. The summed E-state index contributed by atoms with van der Waals surface area (Å²) in [5.74, 6) is 0. The Labute approximate surface area is 81.3 Å². The first kappa shape index (κ1) is 7.82. The fraction of sp³-hybridized carbons (Fsp3) is 0. The van der Waals surface area contributed by atoms with Crippen molar-refractivity contribution in [3.8, 4) is 0 Å². The standard InChI is InChI=1S/C10H7NO2S/c12-14(13)6-5-8-7-11(14)10-4-2-1-3-9(8)10/h1-7H. The molecule has 0 spiro atoms. The van der Waals surface area contributed by atoms with Crippen LogP contribution in [-0.2, 0) is 10.0 Å². The van der Waals surface area contributed by atoms with Gasteiger partial charge in [-0.15, -0.1) is 0 Å². The van der Waals surface area contributed by atoms with Gasteiger partial charge in [0.2, 0.25) is 0 Å². The van der Waals surface area contributed by atoms with Crippen LogP contribution in [0.1, 0.15) is 5.56 Å². The monoisotopic (exact) mass is 205 g/mol. The summed E-state index contributed by atoms with van der Waals surface area (Å²) in [6.07, 6.45) is 3.29. The van der Waals surface area contributed by atoms with Gasteiger partial charge in [0.05, 0.1) is 10.9 Å². The molecule has 0 atom stereocenters. The Morgan fingerprint density at radius 1 is 1.14 bits per heavy atom. The van der Waals surface area contributed by atoms with E-state index in [-0.39, 0.29) is 0 Å². The van der Waals surface area contributed by atoms with E-state index in [1.165, 1.54) is 9.38 Å². The molecule has 0 fully saturated rings. The molecule has 2 aromatic rings. The molecule has 0 unspecified atom stereocenters. The highest BCUT2D eigenvalue weighted by Gasteiger charge is 2.18. The van der Waals surface area contributed by atoms with Crippen LogP contribution in [0.5, 0.6) is 0 Å². The molecule has 0 saturated heterocycles. The Morgan fingerprint density at radius 3 is 2.79 bits per heavy atom. The lowest BCUT2D eigenvalue weighted by Crippen LogP contribution is -2.08. The number of para-hydroxylation sites is 1. The summed E-state index contributed by atoms with van der Waals surface area (Å²) in [6, 6.07) is 7.47. The Balaban J connectivity index is 2.61. The van der Waals surface area contributed by atoms with Gasteiger partial charge in [-0.3, -0.25) is 0 Å². The van der Waals surface area contributed by atoms with Gasteiger partial charge in [-0.1, -0.05) is 18.2 Å². The highest BCUT2D eigenvalue weighted by Crippen LogP contribution is 2.28. The average molecular weight is 205 g/mol. The van der Waals surface area contributed by atoms with E-state index in [0.717, 1.165) is 16.5 Å². The molecule has 4 heteroatoms. The minimum atomic E-state index is -3.27. The molecule has 0 amide bonds. The summed E-state index contributed by atoms with van der Waals surface area (Å²) in [5.41, 5.74) is 1.70. The maximum atomic E-state index is 11.6. The third kappa shape index (κ3) is 0.834. The zero-order chi connectivity index (χ0) is 9.76. The smallest absolute Gasteiger partial charge is 0.241 e. The van der Waals surface area contributed by atoms with Gasteiger partial charge in [0, 0.05) is 17.1 Å². The number of nitrogens with zero attached hydrogens (tertiary/aromatic N) is 1. The van der Waals surface area contributed by atoms with Crippen LogP contribution < -0.4 is 0 Å². The highest BCUT2D eigenvalue weighted by molar-refractivity contribution is 7.93. The topological polar surface area (TPSA) is 39.1 Å². The van der Waals surface area contributed by atoms with Crippen molar-refractivity contribution in [2.45, 2.75) is 0 Å². The summed E-state index contributed by atoms with van der Waals surface area (Å²) >= 11 is 0. The largest absolute Gasteiger partial charge is 0.261 e. The summed E-state index contributed by atoms with van der Waals surface area (Å²) < 4.78 is 24.5. The Kier molecular flexibility index (Phi) is 1.27. The van der Waals surface area contributed by atoms with Crippen molar-refractivity contribution in [3.63, 3.8) is 0 Å². The number of benzene rings is 1. The molecular weight excluding hydrogens is 198 g/mol. The zero-order valence-electron chi connectivity index (χ0n) is 7.21. The fourth-order valence-corrected chi connectivity index (χ4v) is 2.89. The van der Waals surface area contributed by atoms with Crippen LogP contribution in [0.15, 0.2) is 35.9 Å². The maximum absolute atomic E-state index is 11.6. The molecule has 70 valence electrons. The SMILES string of the molecule is O=S1(=O)C=Cc2cn1c1ccccc21. The zero-order valence-corrected chi connectivity index (χ0v) is 8.03. The van der Waals surface area contributed by atoms with Crippen molar-refractivity contribution in [3.05, 3.63) is 41.4 Å². The predicted molar refractivity (Wildman–Crippen MR) is 55.3 cm³/mol. The van der Waals surface area contributed by atoms with Crippen molar-refractivity contribution < 1.29 is 8.42 Å². The Morgan fingerprint density at radius 2 is 1.93 bits per heavy atom. The lowest BCUT2D eigenvalue weighted by atomic mass is 10.2. The first-order valence-corrected chi connectivity index (χ1v) is 5.72. The molecule has 1 aliphatic rings. The molecule has 3 nitrogen and oxygen atoms in total. The van der Waals surface area contributed by atoms with Crippen molar-refractivity contribution >= 4 is 27.0 Å². The maximum Gasteiger partial charge on any atom is 0.261 e. The molecule has 3 rings (SSSR count). The summed E-state index contributed by atoms with van der Waals surface area (Å²) in [7, 11) is -3.27. The molecule has 1 aliphatic heterocycles.